The van der Waals surface area contributed by atoms with Crippen molar-refractivity contribution in [1.29, 1.82) is 0 Å². The molecule has 0 atom stereocenters. The monoisotopic (exact) mass is 389 g/mol. The summed E-state index contributed by atoms with van der Waals surface area (Å²) in [6.45, 7) is 3.28. The van der Waals surface area contributed by atoms with Gasteiger partial charge in [0.25, 0.3) is 0 Å². The summed E-state index contributed by atoms with van der Waals surface area (Å²) in [5.74, 6) is 0.937. The predicted octanol–water partition coefficient (Wildman–Crippen LogP) is 4.85. The molecule has 4 nitrogen and oxygen atoms in total. The molecule has 136 valence electrons. The van der Waals surface area contributed by atoms with Crippen LogP contribution in [0, 0.1) is 0 Å². The minimum absolute atomic E-state index is 0.0411. The summed E-state index contributed by atoms with van der Waals surface area (Å²) in [5, 5.41) is 3.88. The first-order valence-corrected chi connectivity index (χ1v) is 9.49. The van der Waals surface area contributed by atoms with Gasteiger partial charge in [-0.2, -0.15) is 0 Å². The van der Waals surface area contributed by atoms with E-state index in [9.17, 15) is 4.79 Å². The molecular weight excluding hydrogens is 369 g/mol. The Morgan fingerprint density at radius 3 is 2.62 bits per heavy atom. The number of aromatic nitrogens is 2. The van der Waals surface area contributed by atoms with Gasteiger partial charge in [-0.1, -0.05) is 60.5 Å². The Labute approximate surface area is 163 Å². The molecule has 0 fully saturated rings. The molecule has 0 unspecified atom stereocenters. The highest BCUT2D eigenvalue weighted by Crippen LogP contribution is 2.29. The molecule has 6 heteroatoms. The van der Waals surface area contributed by atoms with E-state index < -0.39 is 0 Å². The van der Waals surface area contributed by atoms with E-state index in [0.717, 1.165) is 28.8 Å². The molecule has 0 aliphatic rings. The van der Waals surface area contributed by atoms with Crippen LogP contribution >= 0.6 is 23.2 Å². The Bertz CT molecular complexity index is 906. The molecule has 1 aromatic heterocycles. The number of hydrogen-bond acceptors (Lipinski definition) is 2. The normalized spacial score (nSPS) is 11.0. The fourth-order valence-electron chi connectivity index (χ4n) is 2.90. The Balaban J connectivity index is 1.92. The van der Waals surface area contributed by atoms with Gasteiger partial charge >= 0.3 is 0 Å². The minimum Gasteiger partial charge on any atom is -0.356 e. The van der Waals surface area contributed by atoms with Crippen LogP contribution in [0.1, 0.15) is 31.2 Å². The second-order valence-electron chi connectivity index (χ2n) is 6.20. The number of rotatable bonds is 7. The largest absolute Gasteiger partial charge is 0.356 e. The Morgan fingerprint density at radius 2 is 1.88 bits per heavy atom. The number of imidazole rings is 1. The van der Waals surface area contributed by atoms with Gasteiger partial charge in [0.2, 0.25) is 5.91 Å². The SMILES string of the molecule is CCCNC(=O)CCn1c(Cc2ccccc2)nc2cc(Cl)c(Cl)cc21. The van der Waals surface area contributed by atoms with E-state index >= 15 is 0 Å². The van der Waals surface area contributed by atoms with E-state index in [2.05, 4.69) is 22.0 Å². The maximum atomic E-state index is 12.0. The molecule has 2 aromatic carbocycles. The second kappa shape index (κ2) is 8.56. The first kappa shape index (κ1) is 18.7. The van der Waals surface area contributed by atoms with Crippen LogP contribution in [0.2, 0.25) is 10.0 Å². The number of aryl methyl sites for hydroxylation is 1. The van der Waals surface area contributed by atoms with Crippen LogP contribution in [-0.4, -0.2) is 22.0 Å². The van der Waals surface area contributed by atoms with Crippen molar-refractivity contribution >= 4 is 40.1 Å². The molecule has 1 N–H and O–H groups in total. The van der Waals surface area contributed by atoms with Crippen LogP contribution in [-0.2, 0) is 17.8 Å². The van der Waals surface area contributed by atoms with Gasteiger partial charge < -0.3 is 9.88 Å². The minimum atomic E-state index is 0.0411. The first-order chi connectivity index (χ1) is 12.6. The average Bonchev–Trinajstić information content (AvgIpc) is 2.95. The number of halogens is 2. The maximum Gasteiger partial charge on any atom is 0.221 e. The second-order valence-corrected chi connectivity index (χ2v) is 7.01. The number of benzene rings is 2. The van der Waals surface area contributed by atoms with Crippen LogP contribution in [0.4, 0.5) is 0 Å². The highest BCUT2D eigenvalue weighted by Gasteiger charge is 2.14. The van der Waals surface area contributed by atoms with Crippen molar-refractivity contribution in [3.63, 3.8) is 0 Å². The van der Waals surface area contributed by atoms with Crippen molar-refractivity contribution in [3.05, 3.63) is 63.9 Å². The van der Waals surface area contributed by atoms with Crippen molar-refractivity contribution in [2.24, 2.45) is 0 Å². The van der Waals surface area contributed by atoms with E-state index in [-0.39, 0.29) is 5.91 Å². The van der Waals surface area contributed by atoms with Crippen LogP contribution in [0.3, 0.4) is 0 Å². The molecule has 0 bridgehead atoms. The van der Waals surface area contributed by atoms with Gasteiger partial charge in [0.1, 0.15) is 5.82 Å². The van der Waals surface area contributed by atoms with Crippen molar-refractivity contribution in [3.8, 4) is 0 Å². The number of carbonyl (C=O) groups excluding carboxylic acids is 1. The molecule has 1 amide bonds. The lowest BCUT2D eigenvalue weighted by Crippen LogP contribution is -2.25. The number of fused-ring (bicyclic) bond motifs is 1. The fourth-order valence-corrected chi connectivity index (χ4v) is 3.21. The number of carbonyl (C=O) groups is 1. The molecule has 1 heterocycles. The molecular formula is C20H21Cl2N3O. The third-order valence-corrected chi connectivity index (χ3v) is 4.93. The topological polar surface area (TPSA) is 46.9 Å². The highest BCUT2D eigenvalue weighted by molar-refractivity contribution is 6.42. The van der Waals surface area contributed by atoms with Gasteiger partial charge in [0, 0.05) is 25.9 Å². The fraction of sp³-hybridized carbons (Fsp3) is 0.300. The van der Waals surface area contributed by atoms with E-state index in [4.69, 9.17) is 28.2 Å². The average molecular weight is 390 g/mol. The van der Waals surface area contributed by atoms with Gasteiger partial charge in [-0.3, -0.25) is 4.79 Å². The smallest absolute Gasteiger partial charge is 0.221 e. The third kappa shape index (κ3) is 4.37. The zero-order valence-electron chi connectivity index (χ0n) is 14.6. The lowest BCUT2D eigenvalue weighted by molar-refractivity contribution is -0.121. The number of amides is 1. The molecule has 3 rings (SSSR count). The van der Waals surface area contributed by atoms with Crippen LogP contribution in [0.5, 0.6) is 0 Å². The molecule has 26 heavy (non-hydrogen) atoms. The summed E-state index contributed by atoms with van der Waals surface area (Å²) in [6.07, 6.45) is 2.00. The zero-order chi connectivity index (χ0) is 18.5. The van der Waals surface area contributed by atoms with Crippen LogP contribution in [0.15, 0.2) is 42.5 Å². The van der Waals surface area contributed by atoms with Crippen molar-refractivity contribution < 1.29 is 4.79 Å². The third-order valence-electron chi connectivity index (χ3n) is 4.21. The van der Waals surface area contributed by atoms with Crippen molar-refractivity contribution in [2.75, 3.05) is 6.54 Å². The molecule has 0 saturated carbocycles. The molecule has 0 spiro atoms. The number of hydrogen-bond donors (Lipinski definition) is 1. The number of nitrogens with zero attached hydrogens (tertiary/aromatic N) is 2. The maximum absolute atomic E-state index is 12.0. The standard InChI is InChI=1S/C20H21Cl2N3O/c1-2-9-23-20(26)8-10-25-18-13-16(22)15(21)12-17(18)24-19(25)11-14-6-4-3-5-7-14/h3-7,12-13H,2,8-11H2,1H3,(H,23,26). The summed E-state index contributed by atoms with van der Waals surface area (Å²) < 4.78 is 2.07. The summed E-state index contributed by atoms with van der Waals surface area (Å²) in [7, 11) is 0. The Morgan fingerprint density at radius 1 is 1.15 bits per heavy atom. The van der Waals surface area contributed by atoms with Crippen molar-refractivity contribution in [2.45, 2.75) is 32.7 Å². The molecule has 0 aliphatic carbocycles. The van der Waals surface area contributed by atoms with Crippen LogP contribution < -0.4 is 5.32 Å². The van der Waals surface area contributed by atoms with Gasteiger partial charge in [-0.15, -0.1) is 0 Å². The number of nitrogens with one attached hydrogen (secondary N) is 1. The van der Waals surface area contributed by atoms with Gasteiger partial charge in [0.05, 0.1) is 21.1 Å². The molecule has 0 aliphatic heterocycles. The quantitative estimate of drug-likeness (QED) is 0.627. The van der Waals surface area contributed by atoms with Gasteiger partial charge in [0.15, 0.2) is 0 Å². The highest BCUT2D eigenvalue weighted by atomic mass is 35.5. The van der Waals surface area contributed by atoms with E-state index in [0.29, 0.717) is 36.0 Å². The summed E-state index contributed by atoms with van der Waals surface area (Å²) in [6, 6.07) is 13.7. The summed E-state index contributed by atoms with van der Waals surface area (Å²) in [5.41, 5.74) is 2.85. The zero-order valence-corrected chi connectivity index (χ0v) is 16.1. The molecule has 0 radical (unpaired) electrons. The lowest BCUT2D eigenvalue weighted by Gasteiger charge is -2.10. The molecule has 3 aromatic rings. The van der Waals surface area contributed by atoms with Crippen LogP contribution in [0.25, 0.3) is 11.0 Å². The van der Waals surface area contributed by atoms with Gasteiger partial charge in [-0.25, -0.2) is 4.98 Å². The Hall–Kier alpha value is -2.04. The van der Waals surface area contributed by atoms with E-state index in [1.54, 1.807) is 6.07 Å². The Kier molecular flexibility index (Phi) is 6.17. The lowest BCUT2D eigenvalue weighted by atomic mass is 10.1. The summed E-state index contributed by atoms with van der Waals surface area (Å²) >= 11 is 12.4. The van der Waals surface area contributed by atoms with Crippen molar-refractivity contribution in [1.82, 2.24) is 14.9 Å². The molecule has 0 saturated heterocycles. The van der Waals surface area contributed by atoms with Gasteiger partial charge in [-0.05, 0) is 24.1 Å². The van der Waals surface area contributed by atoms with E-state index in [1.807, 2.05) is 31.2 Å². The summed E-state index contributed by atoms with van der Waals surface area (Å²) in [4.78, 5) is 16.8. The predicted molar refractivity (Wildman–Crippen MR) is 107 cm³/mol. The first-order valence-electron chi connectivity index (χ1n) is 8.73. The van der Waals surface area contributed by atoms with E-state index in [1.165, 1.54) is 0 Å².